The number of aromatic nitrogens is 1. The van der Waals surface area contributed by atoms with Crippen LogP contribution in [0.25, 0.3) is 10.9 Å². The molecule has 0 spiro atoms. The predicted molar refractivity (Wildman–Crippen MR) is 69.9 cm³/mol. The van der Waals surface area contributed by atoms with Crippen LogP contribution in [-0.4, -0.2) is 45.2 Å². The molecule has 98 valence electrons. The first kappa shape index (κ1) is 11.9. The Balaban J connectivity index is 2.08. The lowest BCUT2D eigenvalue weighted by atomic mass is 10.1. The summed E-state index contributed by atoms with van der Waals surface area (Å²) >= 11 is 0. The highest BCUT2D eigenvalue weighted by atomic mass is 16.3. The summed E-state index contributed by atoms with van der Waals surface area (Å²) in [6.45, 7) is 0.824. The number of β-amino-alcohol motifs (C(OH)–C–C–N with tert-alkyl or cyclic N) is 1. The second kappa shape index (κ2) is 4.51. The van der Waals surface area contributed by atoms with E-state index in [1.807, 2.05) is 6.07 Å². The van der Waals surface area contributed by atoms with Crippen molar-refractivity contribution < 1.29 is 15.0 Å². The molecule has 1 aliphatic heterocycles. The van der Waals surface area contributed by atoms with Crippen LogP contribution in [0.5, 0.6) is 5.75 Å². The third-order valence-corrected chi connectivity index (χ3v) is 3.42. The quantitative estimate of drug-likeness (QED) is 0.804. The smallest absolute Gasteiger partial charge is 0.258 e. The SMILES string of the molecule is O=C(c1c(O)cnc2ccccc12)N1CC[C@@H](O)C1. The van der Waals surface area contributed by atoms with Crippen LogP contribution in [0, 0.1) is 0 Å². The molecule has 1 aromatic carbocycles. The van der Waals surface area contributed by atoms with E-state index in [2.05, 4.69) is 4.98 Å². The Labute approximate surface area is 110 Å². The van der Waals surface area contributed by atoms with Gasteiger partial charge in [0.25, 0.3) is 5.91 Å². The van der Waals surface area contributed by atoms with Gasteiger partial charge in [-0.3, -0.25) is 9.78 Å². The van der Waals surface area contributed by atoms with Gasteiger partial charge in [-0.15, -0.1) is 0 Å². The van der Waals surface area contributed by atoms with Gasteiger partial charge in [-0.05, 0) is 12.5 Å². The molecule has 0 radical (unpaired) electrons. The molecule has 1 aromatic heterocycles. The van der Waals surface area contributed by atoms with Crippen molar-refractivity contribution in [2.45, 2.75) is 12.5 Å². The average Bonchev–Trinajstić information content (AvgIpc) is 2.85. The Bertz CT molecular complexity index is 642. The molecule has 5 nitrogen and oxygen atoms in total. The van der Waals surface area contributed by atoms with Crippen LogP contribution >= 0.6 is 0 Å². The zero-order valence-electron chi connectivity index (χ0n) is 10.3. The molecule has 1 amide bonds. The number of hydrogen-bond acceptors (Lipinski definition) is 4. The number of fused-ring (bicyclic) bond motifs is 1. The van der Waals surface area contributed by atoms with Crippen molar-refractivity contribution >= 4 is 16.8 Å². The summed E-state index contributed by atoms with van der Waals surface area (Å²) in [6.07, 6.45) is 1.40. The highest BCUT2D eigenvalue weighted by molar-refractivity contribution is 6.08. The number of aliphatic hydroxyl groups is 1. The molecular weight excluding hydrogens is 244 g/mol. The van der Waals surface area contributed by atoms with E-state index in [-0.39, 0.29) is 17.2 Å². The van der Waals surface area contributed by atoms with Gasteiger partial charge in [-0.2, -0.15) is 0 Å². The second-order valence-electron chi connectivity index (χ2n) is 4.73. The van der Waals surface area contributed by atoms with Gasteiger partial charge in [0.2, 0.25) is 0 Å². The molecule has 2 heterocycles. The van der Waals surface area contributed by atoms with Gasteiger partial charge in [-0.1, -0.05) is 18.2 Å². The Morgan fingerprint density at radius 1 is 1.37 bits per heavy atom. The molecule has 5 heteroatoms. The van der Waals surface area contributed by atoms with E-state index in [1.54, 1.807) is 23.1 Å². The number of amides is 1. The largest absolute Gasteiger partial charge is 0.505 e. The molecule has 3 rings (SSSR count). The van der Waals surface area contributed by atoms with Gasteiger partial charge in [0.1, 0.15) is 5.75 Å². The minimum atomic E-state index is -0.473. The molecule has 0 bridgehead atoms. The van der Waals surface area contributed by atoms with E-state index in [4.69, 9.17) is 0 Å². The highest BCUT2D eigenvalue weighted by Crippen LogP contribution is 2.27. The summed E-state index contributed by atoms with van der Waals surface area (Å²) in [5.41, 5.74) is 0.933. The van der Waals surface area contributed by atoms with E-state index in [9.17, 15) is 15.0 Å². The van der Waals surface area contributed by atoms with E-state index >= 15 is 0 Å². The van der Waals surface area contributed by atoms with Gasteiger partial charge in [0.15, 0.2) is 0 Å². The second-order valence-corrected chi connectivity index (χ2v) is 4.73. The van der Waals surface area contributed by atoms with Gasteiger partial charge in [0.05, 0.1) is 23.4 Å². The number of rotatable bonds is 1. The van der Waals surface area contributed by atoms with Gasteiger partial charge in [-0.25, -0.2) is 0 Å². The van der Waals surface area contributed by atoms with Crippen LogP contribution in [0.4, 0.5) is 0 Å². The van der Waals surface area contributed by atoms with Crippen molar-refractivity contribution in [1.29, 1.82) is 0 Å². The topological polar surface area (TPSA) is 73.7 Å². The molecular formula is C14H14N2O3. The summed E-state index contributed by atoms with van der Waals surface area (Å²) in [5.74, 6) is -0.377. The summed E-state index contributed by atoms with van der Waals surface area (Å²) in [4.78, 5) is 18.1. The number of pyridine rings is 1. The molecule has 0 unspecified atom stereocenters. The standard InChI is InChI=1S/C14H14N2O3/c17-9-5-6-16(8-9)14(19)13-10-3-1-2-4-11(10)15-7-12(13)18/h1-4,7,9,17-18H,5-6,8H2/t9-/m1/s1. The van der Waals surface area contributed by atoms with E-state index in [1.165, 1.54) is 6.20 Å². The third-order valence-electron chi connectivity index (χ3n) is 3.42. The van der Waals surface area contributed by atoms with Crippen LogP contribution in [0.15, 0.2) is 30.5 Å². The van der Waals surface area contributed by atoms with Crippen LogP contribution < -0.4 is 0 Å². The maximum absolute atomic E-state index is 12.5. The van der Waals surface area contributed by atoms with Crippen molar-refractivity contribution in [3.8, 4) is 5.75 Å². The maximum atomic E-state index is 12.5. The summed E-state index contributed by atoms with van der Waals surface area (Å²) in [6, 6.07) is 7.20. The molecule has 1 atom stereocenters. The van der Waals surface area contributed by atoms with Crippen LogP contribution in [-0.2, 0) is 0 Å². The number of aromatic hydroxyl groups is 1. The lowest BCUT2D eigenvalue weighted by Crippen LogP contribution is -2.29. The number of carbonyl (C=O) groups is 1. The first-order valence-corrected chi connectivity index (χ1v) is 6.21. The maximum Gasteiger partial charge on any atom is 0.258 e. The Morgan fingerprint density at radius 2 is 2.16 bits per heavy atom. The average molecular weight is 258 g/mol. The number of hydrogen-bond donors (Lipinski definition) is 2. The lowest BCUT2D eigenvalue weighted by Gasteiger charge is -2.17. The minimum Gasteiger partial charge on any atom is -0.505 e. The van der Waals surface area contributed by atoms with Gasteiger partial charge in [0, 0.05) is 18.5 Å². The molecule has 1 aliphatic rings. The Hall–Kier alpha value is -2.14. The number of para-hydroxylation sites is 1. The van der Waals surface area contributed by atoms with E-state index < -0.39 is 6.10 Å². The van der Waals surface area contributed by atoms with E-state index in [0.29, 0.717) is 30.4 Å². The van der Waals surface area contributed by atoms with Crippen LogP contribution in [0.1, 0.15) is 16.8 Å². The van der Waals surface area contributed by atoms with Crippen LogP contribution in [0.3, 0.4) is 0 Å². The molecule has 0 saturated carbocycles. The predicted octanol–water partition coefficient (Wildman–Crippen LogP) is 1.15. The summed E-state index contributed by atoms with van der Waals surface area (Å²) in [5, 5.41) is 20.1. The number of nitrogens with zero attached hydrogens (tertiary/aromatic N) is 2. The Kier molecular flexibility index (Phi) is 2.83. The minimum absolute atomic E-state index is 0.120. The fourth-order valence-corrected chi connectivity index (χ4v) is 2.44. The fourth-order valence-electron chi connectivity index (χ4n) is 2.44. The highest BCUT2D eigenvalue weighted by Gasteiger charge is 2.28. The monoisotopic (exact) mass is 258 g/mol. The molecule has 0 aliphatic carbocycles. The van der Waals surface area contributed by atoms with E-state index in [0.717, 1.165) is 0 Å². The molecule has 1 fully saturated rings. The molecule has 19 heavy (non-hydrogen) atoms. The van der Waals surface area contributed by atoms with Gasteiger partial charge < -0.3 is 15.1 Å². The Morgan fingerprint density at radius 3 is 2.89 bits per heavy atom. The number of benzene rings is 1. The lowest BCUT2D eigenvalue weighted by molar-refractivity contribution is 0.0764. The third kappa shape index (κ3) is 2.02. The zero-order valence-corrected chi connectivity index (χ0v) is 10.3. The molecule has 2 aromatic rings. The van der Waals surface area contributed by atoms with Crippen molar-refractivity contribution in [3.05, 3.63) is 36.0 Å². The van der Waals surface area contributed by atoms with Crippen molar-refractivity contribution in [2.75, 3.05) is 13.1 Å². The van der Waals surface area contributed by atoms with Gasteiger partial charge >= 0.3 is 0 Å². The van der Waals surface area contributed by atoms with Crippen molar-refractivity contribution in [1.82, 2.24) is 9.88 Å². The summed E-state index contributed by atoms with van der Waals surface area (Å²) < 4.78 is 0. The van der Waals surface area contributed by atoms with Crippen molar-refractivity contribution in [3.63, 3.8) is 0 Å². The normalized spacial score (nSPS) is 19.0. The zero-order chi connectivity index (χ0) is 13.4. The summed E-state index contributed by atoms with van der Waals surface area (Å²) in [7, 11) is 0. The number of aliphatic hydroxyl groups excluding tert-OH is 1. The first-order chi connectivity index (χ1) is 9.16. The molecule has 2 N–H and O–H groups in total. The molecule has 1 saturated heterocycles. The number of carbonyl (C=O) groups excluding carboxylic acids is 1. The van der Waals surface area contributed by atoms with Crippen LogP contribution in [0.2, 0.25) is 0 Å². The van der Waals surface area contributed by atoms with Crippen molar-refractivity contribution in [2.24, 2.45) is 0 Å². The first-order valence-electron chi connectivity index (χ1n) is 6.21. The fraction of sp³-hybridized carbons (Fsp3) is 0.286. The number of likely N-dealkylation sites (tertiary alicyclic amines) is 1.